The van der Waals surface area contributed by atoms with Gasteiger partial charge in [0, 0.05) is 44.3 Å². The molecule has 0 aromatic heterocycles. The minimum absolute atomic E-state index is 0.210. The number of nitrogens with one attached hydrogen (secondary N) is 2. The van der Waals surface area contributed by atoms with E-state index in [1.807, 2.05) is 97.1 Å². The Balaban J connectivity index is 1.51. The van der Waals surface area contributed by atoms with Crippen LogP contribution in [0, 0.1) is 11.8 Å². The van der Waals surface area contributed by atoms with Crippen molar-refractivity contribution >= 4 is 52.2 Å². The first kappa shape index (κ1) is 25.9. The van der Waals surface area contributed by atoms with E-state index in [0.29, 0.717) is 20.1 Å². The summed E-state index contributed by atoms with van der Waals surface area (Å²) in [7, 11) is 0. The van der Waals surface area contributed by atoms with Crippen molar-refractivity contribution in [3.63, 3.8) is 0 Å². The Morgan fingerprint density at radius 1 is 0.395 bits per heavy atom. The first-order valence-corrected chi connectivity index (χ1v) is 14.0. The number of hydrogen-bond acceptors (Lipinski definition) is 3. The van der Waals surface area contributed by atoms with Crippen molar-refractivity contribution in [2.45, 2.75) is 24.2 Å². The zero-order valence-electron chi connectivity index (χ0n) is 20.1. The molecule has 3 nitrogen and oxygen atoms in total. The number of ketones is 1. The number of piperidine rings is 2. The molecule has 0 spiro atoms. The van der Waals surface area contributed by atoms with Gasteiger partial charge in [-0.1, -0.05) is 94.9 Å². The van der Waals surface area contributed by atoms with Crippen LogP contribution in [-0.2, 0) is 4.79 Å². The third kappa shape index (κ3) is 4.88. The van der Waals surface area contributed by atoms with Crippen molar-refractivity contribution in [1.29, 1.82) is 0 Å². The van der Waals surface area contributed by atoms with E-state index in [-0.39, 0.29) is 41.8 Å². The van der Waals surface area contributed by atoms with Crippen LogP contribution in [0.15, 0.2) is 97.1 Å². The summed E-state index contributed by atoms with van der Waals surface area (Å²) in [5, 5.41) is 10.4. The summed E-state index contributed by atoms with van der Waals surface area (Å²) in [5.41, 5.74) is 4.04. The number of carbonyl (C=O) groups is 1. The molecule has 192 valence electrons. The van der Waals surface area contributed by atoms with E-state index in [1.54, 1.807) is 0 Å². The largest absolute Gasteiger partial charge is 0.302 e. The van der Waals surface area contributed by atoms with E-state index in [9.17, 15) is 4.79 Å². The fourth-order valence-corrected chi connectivity index (χ4v) is 6.46. The summed E-state index contributed by atoms with van der Waals surface area (Å²) < 4.78 is 0. The molecule has 2 fully saturated rings. The van der Waals surface area contributed by atoms with Crippen molar-refractivity contribution in [3.8, 4) is 0 Å². The summed E-state index contributed by atoms with van der Waals surface area (Å²) in [6.07, 6.45) is 0. The van der Waals surface area contributed by atoms with Gasteiger partial charge < -0.3 is 10.6 Å². The molecule has 2 saturated heterocycles. The van der Waals surface area contributed by atoms with Gasteiger partial charge in [0.2, 0.25) is 0 Å². The Labute approximate surface area is 242 Å². The van der Waals surface area contributed by atoms with Gasteiger partial charge in [-0.25, -0.2) is 0 Å². The fraction of sp³-hybridized carbons (Fsp3) is 0.194. The van der Waals surface area contributed by atoms with E-state index in [1.165, 1.54) is 0 Å². The Bertz CT molecular complexity index is 1230. The van der Waals surface area contributed by atoms with Crippen LogP contribution >= 0.6 is 46.4 Å². The minimum Gasteiger partial charge on any atom is -0.302 e. The lowest BCUT2D eigenvalue weighted by Gasteiger charge is -2.52. The highest BCUT2D eigenvalue weighted by atomic mass is 35.5. The number of hydrogen-bond donors (Lipinski definition) is 2. The van der Waals surface area contributed by atoms with Crippen molar-refractivity contribution in [3.05, 3.63) is 139 Å². The van der Waals surface area contributed by atoms with Crippen molar-refractivity contribution in [2.24, 2.45) is 11.8 Å². The smallest absolute Gasteiger partial charge is 0.146 e. The van der Waals surface area contributed by atoms with Crippen LogP contribution in [-0.4, -0.2) is 5.78 Å². The Kier molecular flexibility index (Phi) is 7.26. The monoisotopic (exact) mass is 580 g/mol. The van der Waals surface area contributed by atoms with Crippen LogP contribution < -0.4 is 10.6 Å². The van der Waals surface area contributed by atoms with Crippen LogP contribution in [0.4, 0.5) is 0 Å². The molecular weight excluding hydrogens is 558 g/mol. The molecule has 0 unspecified atom stereocenters. The third-order valence-corrected chi connectivity index (χ3v) is 8.74. The lowest BCUT2D eigenvalue weighted by Crippen LogP contribution is -2.60. The molecule has 4 aromatic carbocycles. The lowest BCUT2D eigenvalue weighted by atomic mass is 9.64. The zero-order chi connectivity index (χ0) is 26.4. The molecule has 7 heteroatoms. The Morgan fingerprint density at radius 3 is 0.816 bits per heavy atom. The van der Waals surface area contributed by atoms with Gasteiger partial charge in [-0.15, -0.1) is 0 Å². The van der Waals surface area contributed by atoms with Crippen molar-refractivity contribution in [1.82, 2.24) is 10.6 Å². The molecule has 0 amide bonds. The maximum Gasteiger partial charge on any atom is 0.146 e. The highest BCUT2D eigenvalue weighted by Gasteiger charge is 2.55. The number of Topliss-reactive ketones (excluding diaryl/α,β-unsaturated/α-hetero) is 1. The van der Waals surface area contributed by atoms with Gasteiger partial charge in [-0.2, -0.15) is 0 Å². The molecule has 2 heterocycles. The second-order valence-corrected chi connectivity index (χ2v) is 11.6. The van der Waals surface area contributed by atoms with Gasteiger partial charge in [0.05, 0.1) is 11.8 Å². The highest BCUT2D eigenvalue weighted by Crippen LogP contribution is 2.52. The average Bonchev–Trinajstić information content (AvgIpc) is 2.91. The van der Waals surface area contributed by atoms with Gasteiger partial charge in [0.1, 0.15) is 5.78 Å². The van der Waals surface area contributed by atoms with E-state index in [2.05, 4.69) is 10.6 Å². The summed E-state index contributed by atoms with van der Waals surface area (Å²) in [6, 6.07) is 30.0. The molecule has 0 saturated carbocycles. The second kappa shape index (κ2) is 10.7. The summed E-state index contributed by atoms with van der Waals surface area (Å²) in [5.74, 6) is -0.494. The molecule has 2 N–H and O–H groups in total. The molecule has 4 aromatic rings. The van der Waals surface area contributed by atoms with Gasteiger partial charge in [-0.3, -0.25) is 4.79 Å². The molecule has 4 atom stereocenters. The third-order valence-electron chi connectivity index (χ3n) is 7.73. The van der Waals surface area contributed by atoms with E-state index in [0.717, 1.165) is 22.3 Å². The van der Waals surface area contributed by atoms with Gasteiger partial charge >= 0.3 is 0 Å². The SMILES string of the molecule is O=C1C2[C@@H](c3ccc(Cl)cc3)N[C@@H](c3ccc(Cl)cc3)C1[C@H](c1ccc(Cl)cc1)N[C@@H]2c1ccc(Cl)cc1. The zero-order valence-corrected chi connectivity index (χ0v) is 23.1. The molecule has 6 rings (SSSR count). The number of fused-ring (bicyclic) bond motifs is 2. The predicted molar refractivity (Wildman–Crippen MR) is 155 cm³/mol. The average molecular weight is 582 g/mol. The number of halogens is 4. The van der Waals surface area contributed by atoms with Gasteiger partial charge in [0.25, 0.3) is 0 Å². The van der Waals surface area contributed by atoms with E-state index in [4.69, 9.17) is 46.4 Å². The topological polar surface area (TPSA) is 41.1 Å². The van der Waals surface area contributed by atoms with Crippen LogP contribution in [0.3, 0.4) is 0 Å². The summed E-state index contributed by atoms with van der Waals surface area (Å²) >= 11 is 24.9. The molecule has 2 bridgehead atoms. The van der Waals surface area contributed by atoms with Crippen LogP contribution in [0.5, 0.6) is 0 Å². The predicted octanol–water partition coefficient (Wildman–Crippen LogP) is 8.57. The van der Waals surface area contributed by atoms with Crippen LogP contribution in [0.25, 0.3) is 0 Å². The summed E-state index contributed by atoms with van der Waals surface area (Å²) in [4.78, 5) is 14.6. The first-order valence-electron chi connectivity index (χ1n) is 12.5. The van der Waals surface area contributed by atoms with E-state index >= 15 is 0 Å². The van der Waals surface area contributed by atoms with Gasteiger partial charge in [-0.05, 0) is 70.8 Å². The fourth-order valence-electron chi connectivity index (χ4n) is 5.96. The molecule has 0 aliphatic carbocycles. The van der Waals surface area contributed by atoms with Crippen molar-refractivity contribution in [2.75, 3.05) is 0 Å². The molecule has 2 aliphatic rings. The van der Waals surface area contributed by atoms with E-state index < -0.39 is 0 Å². The Morgan fingerprint density at radius 2 is 0.605 bits per heavy atom. The highest BCUT2D eigenvalue weighted by molar-refractivity contribution is 6.31. The molecular formula is C31H24Cl4N2O. The molecule has 0 radical (unpaired) electrons. The minimum atomic E-state index is -0.352. The second-order valence-electron chi connectivity index (χ2n) is 9.90. The lowest BCUT2D eigenvalue weighted by molar-refractivity contribution is -0.139. The van der Waals surface area contributed by atoms with Gasteiger partial charge in [0.15, 0.2) is 0 Å². The molecule has 38 heavy (non-hydrogen) atoms. The van der Waals surface area contributed by atoms with Crippen LogP contribution in [0.1, 0.15) is 46.4 Å². The number of carbonyl (C=O) groups excluding carboxylic acids is 1. The number of benzene rings is 4. The normalized spacial score (nSPS) is 26.8. The molecule has 2 aliphatic heterocycles. The quantitative estimate of drug-likeness (QED) is 0.253. The summed E-state index contributed by atoms with van der Waals surface area (Å²) in [6.45, 7) is 0. The van der Waals surface area contributed by atoms with Crippen molar-refractivity contribution < 1.29 is 4.79 Å². The maximum absolute atomic E-state index is 14.6. The first-order chi connectivity index (χ1) is 18.4. The maximum atomic E-state index is 14.6. The number of rotatable bonds is 4. The standard InChI is InChI=1S/C31H24Cl4N2O/c32-21-9-1-17(2-10-21)27-25-28(18-3-11-22(33)12-4-18)37-30(20-7-15-24(35)16-8-20)26(31(25)38)29(36-27)19-5-13-23(34)14-6-19/h1-16,25-30,36-37H/t25?,26?,27-,28-,29+,30+. The Hall–Kier alpha value is -2.37. The van der Waals surface area contributed by atoms with Crippen LogP contribution in [0.2, 0.25) is 20.1 Å².